The molecule has 0 fully saturated rings. The third-order valence-electron chi connectivity index (χ3n) is 5.22. The summed E-state index contributed by atoms with van der Waals surface area (Å²) in [5, 5.41) is 7.26. The second-order valence-electron chi connectivity index (χ2n) is 7.64. The minimum Gasteiger partial charge on any atom is -0.349 e. The lowest BCUT2D eigenvalue weighted by molar-refractivity contribution is -0.117. The topological polar surface area (TPSA) is 53.5 Å². The number of allylic oxidation sites excluding steroid dienone is 1. The molecule has 1 atom stereocenters. The molecule has 33 heavy (non-hydrogen) atoms. The van der Waals surface area contributed by atoms with Crippen LogP contribution in [0.5, 0.6) is 0 Å². The van der Waals surface area contributed by atoms with Gasteiger partial charge >= 0.3 is 0 Å². The van der Waals surface area contributed by atoms with Crippen molar-refractivity contribution in [2.24, 2.45) is 4.99 Å². The number of amidine groups is 1. The molecule has 4 nitrogen and oxygen atoms in total. The largest absolute Gasteiger partial charge is 0.349 e. The van der Waals surface area contributed by atoms with Gasteiger partial charge < -0.3 is 10.6 Å². The van der Waals surface area contributed by atoms with Crippen LogP contribution in [0.25, 0.3) is 6.08 Å². The first-order chi connectivity index (χ1) is 16.0. The molecule has 0 bridgehead atoms. The van der Waals surface area contributed by atoms with Crippen LogP contribution in [0.2, 0.25) is 10.0 Å². The fraction of sp³-hybridized carbons (Fsp3) is 0.111. The Morgan fingerprint density at radius 3 is 2.30 bits per heavy atom. The van der Waals surface area contributed by atoms with Crippen molar-refractivity contribution in [2.75, 3.05) is 6.54 Å². The fourth-order valence-electron chi connectivity index (χ4n) is 3.69. The maximum Gasteiger partial charge on any atom is 0.251 e. The van der Waals surface area contributed by atoms with Gasteiger partial charge in [-0.3, -0.25) is 9.79 Å². The molecule has 0 saturated heterocycles. The molecule has 2 N–H and O–H groups in total. The molecule has 0 saturated carbocycles. The summed E-state index contributed by atoms with van der Waals surface area (Å²) < 4.78 is 0. The number of halogens is 2. The Balaban J connectivity index is 1.61. The molecule has 3 aromatic rings. The van der Waals surface area contributed by atoms with Gasteiger partial charge in [0.1, 0.15) is 11.9 Å². The summed E-state index contributed by atoms with van der Waals surface area (Å²) >= 11 is 12.5. The van der Waals surface area contributed by atoms with Gasteiger partial charge in [0.2, 0.25) is 0 Å². The van der Waals surface area contributed by atoms with Crippen molar-refractivity contribution in [1.29, 1.82) is 0 Å². The van der Waals surface area contributed by atoms with E-state index in [2.05, 4.69) is 10.6 Å². The zero-order chi connectivity index (χ0) is 23.2. The van der Waals surface area contributed by atoms with Crippen LogP contribution < -0.4 is 10.6 Å². The third-order valence-corrected chi connectivity index (χ3v) is 5.66. The molecular weight excluding hydrogens is 453 g/mol. The van der Waals surface area contributed by atoms with Gasteiger partial charge in [0, 0.05) is 27.9 Å². The number of aliphatic imine (C=N–C) groups is 1. The zero-order valence-electron chi connectivity index (χ0n) is 18.1. The van der Waals surface area contributed by atoms with E-state index in [1.165, 1.54) is 0 Å². The number of nitrogens with zero attached hydrogens (tertiary/aromatic N) is 1. The second-order valence-corrected chi connectivity index (χ2v) is 8.51. The van der Waals surface area contributed by atoms with Crippen LogP contribution in [0.3, 0.4) is 0 Å². The highest BCUT2D eigenvalue weighted by atomic mass is 35.5. The number of benzene rings is 3. The molecule has 0 aromatic heterocycles. The van der Waals surface area contributed by atoms with E-state index in [1.54, 1.807) is 18.2 Å². The van der Waals surface area contributed by atoms with Crippen molar-refractivity contribution in [3.63, 3.8) is 0 Å². The van der Waals surface area contributed by atoms with Crippen molar-refractivity contribution >= 4 is 41.0 Å². The van der Waals surface area contributed by atoms with Gasteiger partial charge in [-0.1, -0.05) is 96.0 Å². The first-order valence-electron chi connectivity index (χ1n) is 10.6. The van der Waals surface area contributed by atoms with Crippen LogP contribution in [0, 0.1) is 0 Å². The molecule has 1 heterocycles. The van der Waals surface area contributed by atoms with Gasteiger partial charge in [0.05, 0.1) is 5.57 Å². The highest BCUT2D eigenvalue weighted by Crippen LogP contribution is 2.34. The SMILES string of the molecule is CC1=C(C(=O)NC/C=C/c2ccccc2)C(c2cc(Cl)cc(Cl)c2)N=C(c2ccccc2)N1. The van der Waals surface area contributed by atoms with Crippen molar-refractivity contribution in [1.82, 2.24) is 10.6 Å². The molecule has 0 spiro atoms. The van der Waals surface area contributed by atoms with Gasteiger partial charge in [-0.25, -0.2) is 0 Å². The lowest BCUT2D eigenvalue weighted by Gasteiger charge is -2.27. The maximum atomic E-state index is 13.2. The fourth-order valence-corrected chi connectivity index (χ4v) is 4.24. The van der Waals surface area contributed by atoms with E-state index in [-0.39, 0.29) is 5.91 Å². The van der Waals surface area contributed by atoms with Gasteiger partial charge in [0.25, 0.3) is 5.91 Å². The van der Waals surface area contributed by atoms with Crippen LogP contribution in [0.4, 0.5) is 0 Å². The average molecular weight is 476 g/mol. The summed E-state index contributed by atoms with van der Waals surface area (Å²) in [5.74, 6) is 0.490. The molecule has 0 aliphatic carbocycles. The van der Waals surface area contributed by atoms with Crippen LogP contribution in [0.15, 0.2) is 101 Å². The van der Waals surface area contributed by atoms with E-state index < -0.39 is 6.04 Å². The van der Waals surface area contributed by atoms with E-state index in [4.69, 9.17) is 28.2 Å². The van der Waals surface area contributed by atoms with Crippen LogP contribution >= 0.6 is 23.2 Å². The van der Waals surface area contributed by atoms with Crippen molar-refractivity contribution in [3.8, 4) is 0 Å². The predicted molar refractivity (Wildman–Crippen MR) is 137 cm³/mol. The standard InChI is InChI=1S/C27H23Cl2N3O/c1-18-24(27(33)30-14-8-11-19-9-4-2-5-10-19)25(21-15-22(28)17-23(29)16-21)32-26(31-18)20-12-6-3-7-13-20/h2-13,15-17,25H,14H2,1H3,(H,30,33)(H,31,32)/b11-8+. The number of amides is 1. The first-order valence-corrected chi connectivity index (χ1v) is 11.3. The summed E-state index contributed by atoms with van der Waals surface area (Å²) in [7, 11) is 0. The molecule has 1 aliphatic rings. The Hall–Kier alpha value is -3.34. The minimum absolute atomic E-state index is 0.199. The monoisotopic (exact) mass is 475 g/mol. The van der Waals surface area contributed by atoms with Gasteiger partial charge in [0.15, 0.2) is 0 Å². The minimum atomic E-state index is -0.546. The van der Waals surface area contributed by atoms with E-state index in [1.807, 2.05) is 79.7 Å². The van der Waals surface area contributed by atoms with E-state index in [0.717, 1.165) is 22.4 Å². The molecule has 6 heteroatoms. The molecule has 1 aliphatic heterocycles. The lowest BCUT2D eigenvalue weighted by Crippen LogP contribution is -2.36. The number of hydrogen-bond acceptors (Lipinski definition) is 3. The number of rotatable bonds is 6. The molecule has 166 valence electrons. The van der Waals surface area contributed by atoms with Crippen LogP contribution in [-0.2, 0) is 4.79 Å². The smallest absolute Gasteiger partial charge is 0.251 e. The van der Waals surface area contributed by atoms with Gasteiger partial charge in [-0.15, -0.1) is 0 Å². The zero-order valence-corrected chi connectivity index (χ0v) is 19.6. The van der Waals surface area contributed by atoms with Gasteiger partial charge in [-0.2, -0.15) is 0 Å². The summed E-state index contributed by atoms with van der Waals surface area (Å²) in [4.78, 5) is 18.1. The Labute approximate surface area is 203 Å². The summed E-state index contributed by atoms with van der Waals surface area (Å²) in [6, 6.07) is 24.4. The molecular formula is C27H23Cl2N3O. The normalized spacial score (nSPS) is 15.8. The van der Waals surface area contributed by atoms with Crippen molar-refractivity contribution in [2.45, 2.75) is 13.0 Å². The Morgan fingerprint density at radius 1 is 1.00 bits per heavy atom. The summed E-state index contributed by atoms with van der Waals surface area (Å²) in [6.07, 6.45) is 3.89. The first kappa shape index (κ1) is 22.8. The maximum absolute atomic E-state index is 13.2. The predicted octanol–water partition coefficient (Wildman–Crippen LogP) is 6.19. The quantitative estimate of drug-likeness (QED) is 0.446. The number of nitrogens with one attached hydrogen (secondary N) is 2. The third kappa shape index (κ3) is 5.72. The number of hydrogen-bond donors (Lipinski definition) is 2. The molecule has 1 unspecified atom stereocenters. The molecule has 0 radical (unpaired) electrons. The Morgan fingerprint density at radius 2 is 1.64 bits per heavy atom. The summed E-state index contributed by atoms with van der Waals surface area (Å²) in [6.45, 7) is 2.27. The van der Waals surface area contributed by atoms with Crippen LogP contribution in [-0.4, -0.2) is 18.3 Å². The Kier molecular flexibility index (Phi) is 7.28. The number of carbonyl (C=O) groups excluding carboxylic acids is 1. The van der Waals surface area contributed by atoms with E-state index in [9.17, 15) is 4.79 Å². The second kappa shape index (κ2) is 10.5. The summed E-state index contributed by atoms with van der Waals surface area (Å²) in [5.41, 5.74) is 4.02. The van der Waals surface area contributed by atoms with Crippen molar-refractivity contribution < 1.29 is 4.79 Å². The Bertz CT molecular complexity index is 1210. The molecule has 4 rings (SSSR count). The number of carbonyl (C=O) groups is 1. The van der Waals surface area contributed by atoms with Crippen LogP contribution in [0.1, 0.15) is 29.7 Å². The highest BCUT2D eigenvalue weighted by molar-refractivity contribution is 6.34. The van der Waals surface area contributed by atoms with Crippen molar-refractivity contribution in [3.05, 3.63) is 123 Å². The van der Waals surface area contributed by atoms with E-state index in [0.29, 0.717) is 28.0 Å². The lowest BCUT2D eigenvalue weighted by atomic mass is 9.94. The van der Waals surface area contributed by atoms with Gasteiger partial charge in [-0.05, 0) is 36.2 Å². The highest BCUT2D eigenvalue weighted by Gasteiger charge is 2.29. The molecule has 3 aromatic carbocycles. The average Bonchev–Trinajstić information content (AvgIpc) is 2.82. The van der Waals surface area contributed by atoms with E-state index >= 15 is 0 Å². The molecule has 1 amide bonds.